The van der Waals surface area contributed by atoms with Gasteiger partial charge in [0.1, 0.15) is 5.69 Å². The van der Waals surface area contributed by atoms with Gasteiger partial charge in [-0.3, -0.25) is 23.9 Å². The Morgan fingerprint density at radius 3 is 2.41 bits per heavy atom. The van der Waals surface area contributed by atoms with Gasteiger partial charge in [-0.15, -0.1) is 0 Å². The summed E-state index contributed by atoms with van der Waals surface area (Å²) in [5.41, 5.74) is 1.09. The summed E-state index contributed by atoms with van der Waals surface area (Å²) in [4.78, 5) is 43.0. The molecule has 2 heterocycles. The number of fused-ring (bicyclic) bond motifs is 3. The van der Waals surface area contributed by atoms with Gasteiger partial charge in [0.15, 0.2) is 0 Å². The summed E-state index contributed by atoms with van der Waals surface area (Å²) in [5, 5.41) is 4.02. The molecular weight excluding hydrogens is 450 g/mol. The van der Waals surface area contributed by atoms with Crippen molar-refractivity contribution in [1.82, 2.24) is 9.88 Å². The Morgan fingerprint density at radius 1 is 0.971 bits per heavy atom. The number of carbonyl (C=O) groups excluding carboxylic acids is 3. The number of benzene rings is 3. The van der Waals surface area contributed by atoms with Gasteiger partial charge in [-0.25, -0.2) is 0 Å². The number of rotatable bonds is 4. The molecule has 0 saturated carbocycles. The highest BCUT2D eigenvalue weighted by Crippen LogP contribution is 2.37. The minimum Gasteiger partial charge on any atom is -0.350 e. The van der Waals surface area contributed by atoms with E-state index in [0.29, 0.717) is 21.6 Å². The van der Waals surface area contributed by atoms with Crippen LogP contribution in [0.15, 0.2) is 78.9 Å². The lowest BCUT2D eigenvalue weighted by atomic mass is 9.91. The van der Waals surface area contributed by atoms with E-state index in [-0.39, 0.29) is 12.2 Å². The number of aryl methyl sites for hydroxylation is 1. The quantitative estimate of drug-likeness (QED) is 0.427. The molecule has 4 aromatic rings. The third kappa shape index (κ3) is 3.30. The van der Waals surface area contributed by atoms with E-state index in [9.17, 15) is 14.4 Å². The molecule has 170 valence electrons. The normalized spacial score (nSPS) is 17.7. The number of anilines is 1. The molecular formula is C27H22ClN3O3. The van der Waals surface area contributed by atoms with E-state index in [1.807, 2.05) is 49.4 Å². The van der Waals surface area contributed by atoms with Gasteiger partial charge >= 0.3 is 0 Å². The molecule has 0 spiro atoms. The number of hydrogen-bond acceptors (Lipinski definition) is 3. The fourth-order valence-corrected chi connectivity index (χ4v) is 4.69. The molecule has 1 aliphatic rings. The average molecular weight is 472 g/mol. The van der Waals surface area contributed by atoms with Crippen LogP contribution in [0.5, 0.6) is 0 Å². The topological polar surface area (TPSA) is 71.4 Å². The van der Waals surface area contributed by atoms with Gasteiger partial charge in [-0.1, -0.05) is 60.1 Å². The highest BCUT2D eigenvalue weighted by Gasteiger charge is 2.55. The van der Waals surface area contributed by atoms with Crippen LogP contribution in [0.25, 0.3) is 10.9 Å². The van der Waals surface area contributed by atoms with Crippen molar-refractivity contribution in [3.05, 3.63) is 101 Å². The fraction of sp³-hybridized carbons (Fsp3) is 0.148. The molecule has 0 aliphatic carbocycles. The van der Waals surface area contributed by atoms with Gasteiger partial charge in [0.2, 0.25) is 5.54 Å². The minimum atomic E-state index is -1.81. The lowest BCUT2D eigenvalue weighted by Crippen LogP contribution is -2.68. The van der Waals surface area contributed by atoms with Crippen LogP contribution in [0.4, 0.5) is 5.69 Å². The molecule has 5 rings (SSSR count). The van der Waals surface area contributed by atoms with E-state index in [0.717, 1.165) is 11.1 Å². The van der Waals surface area contributed by atoms with E-state index in [2.05, 4.69) is 5.32 Å². The highest BCUT2D eigenvalue weighted by atomic mass is 35.5. The van der Waals surface area contributed by atoms with Crippen LogP contribution in [0.2, 0.25) is 5.02 Å². The van der Waals surface area contributed by atoms with Crippen LogP contribution < -0.4 is 10.2 Å². The molecule has 6 nitrogen and oxygen atoms in total. The molecule has 0 bridgehead atoms. The summed E-state index contributed by atoms with van der Waals surface area (Å²) in [6.07, 6.45) is 0. The second kappa shape index (κ2) is 8.15. The number of nitrogens with one attached hydrogen (secondary N) is 1. The largest absolute Gasteiger partial charge is 0.350 e. The van der Waals surface area contributed by atoms with Crippen molar-refractivity contribution in [1.29, 1.82) is 0 Å². The second-order valence-corrected chi connectivity index (χ2v) is 8.98. The molecule has 2 amide bonds. The minimum absolute atomic E-state index is 0.193. The van der Waals surface area contributed by atoms with Crippen LogP contribution in [0.3, 0.4) is 0 Å². The van der Waals surface area contributed by atoms with Crippen LogP contribution in [-0.4, -0.2) is 27.8 Å². The predicted octanol–water partition coefficient (Wildman–Crippen LogP) is 4.98. The molecule has 7 heteroatoms. The SMILES string of the molecule is Cc1ccccc1N1C(=O)c2cc3cc(Cl)ccc3n2C(=O)C1(C)C(=O)NCc1ccccc1. The van der Waals surface area contributed by atoms with Gasteiger partial charge in [-0.2, -0.15) is 0 Å². The average Bonchev–Trinajstić information content (AvgIpc) is 3.22. The summed E-state index contributed by atoms with van der Waals surface area (Å²) in [6.45, 7) is 3.58. The maximum absolute atomic E-state index is 14.1. The predicted molar refractivity (Wildman–Crippen MR) is 132 cm³/mol. The number of amides is 2. The summed E-state index contributed by atoms with van der Waals surface area (Å²) < 4.78 is 1.34. The lowest BCUT2D eigenvalue weighted by Gasteiger charge is -2.42. The molecule has 0 radical (unpaired) electrons. The third-order valence-corrected chi connectivity index (χ3v) is 6.58. The monoisotopic (exact) mass is 471 g/mol. The summed E-state index contributed by atoms with van der Waals surface area (Å²) in [6, 6.07) is 23.3. The van der Waals surface area contributed by atoms with E-state index in [1.165, 1.54) is 16.4 Å². The summed E-state index contributed by atoms with van der Waals surface area (Å²) >= 11 is 6.15. The zero-order valence-electron chi connectivity index (χ0n) is 18.7. The number of nitrogens with zero attached hydrogens (tertiary/aromatic N) is 2. The van der Waals surface area contributed by atoms with Gasteiger partial charge in [0.05, 0.1) is 5.52 Å². The maximum Gasteiger partial charge on any atom is 0.276 e. The Labute approximate surface area is 201 Å². The van der Waals surface area contributed by atoms with Crippen molar-refractivity contribution >= 4 is 45.9 Å². The third-order valence-electron chi connectivity index (χ3n) is 6.35. The van der Waals surface area contributed by atoms with Crippen molar-refractivity contribution < 1.29 is 14.4 Å². The molecule has 1 N–H and O–H groups in total. The van der Waals surface area contributed by atoms with Gasteiger partial charge in [-0.05, 0) is 55.3 Å². The Morgan fingerprint density at radius 2 is 1.68 bits per heavy atom. The van der Waals surface area contributed by atoms with Crippen molar-refractivity contribution in [2.45, 2.75) is 25.9 Å². The van der Waals surface area contributed by atoms with Crippen LogP contribution in [-0.2, 0) is 11.3 Å². The van der Waals surface area contributed by atoms with Gasteiger partial charge < -0.3 is 5.32 Å². The summed E-state index contributed by atoms with van der Waals surface area (Å²) in [5.74, 6) is -1.49. The second-order valence-electron chi connectivity index (χ2n) is 8.54. The number of hydrogen-bond donors (Lipinski definition) is 1. The molecule has 1 aromatic heterocycles. The van der Waals surface area contributed by atoms with Crippen LogP contribution >= 0.6 is 11.6 Å². The van der Waals surface area contributed by atoms with Crippen molar-refractivity contribution in [2.24, 2.45) is 0 Å². The zero-order chi connectivity index (χ0) is 24.0. The van der Waals surface area contributed by atoms with Gasteiger partial charge in [0.25, 0.3) is 17.7 Å². The Balaban J connectivity index is 1.67. The number of carbonyl (C=O) groups is 3. The summed E-state index contributed by atoms with van der Waals surface area (Å²) in [7, 11) is 0. The zero-order valence-corrected chi connectivity index (χ0v) is 19.5. The van der Waals surface area contributed by atoms with Crippen LogP contribution in [0.1, 0.15) is 33.3 Å². The first-order valence-electron chi connectivity index (χ1n) is 10.9. The Bertz CT molecular complexity index is 1460. The molecule has 3 aromatic carbocycles. The van der Waals surface area contributed by atoms with Crippen molar-refractivity contribution in [2.75, 3.05) is 4.90 Å². The molecule has 1 unspecified atom stereocenters. The number of aromatic nitrogens is 1. The fourth-order valence-electron chi connectivity index (χ4n) is 4.51. The first kappa shape index (κ1) is 21.9. The van der Waals surface area contributed by atoms with E-state index < -0.39 is 23.3 Å². The van der Waals surface area contributed by atoms with Crippen molar-refractivity contribution in [3.63, 3.8) is 0 Å². The molecule has 1 atom stereocenters. The standard InChI is InChI=1S/C27H22ClN3O3/c1-17-8-6-7-11-21(17)31-24(32)23-15-19-14-20(28)12-13-22(19)30(23)26(34)27(31,2)25(33)29-16-18-9-4-3-5-10-18/h3-15H,16H2,1-2H3,(H,29,33). The molecule has 0 fully saturated rings. The maximum atomic E-state index is 14.1. The number of halogens is 1. The smallest absolute Gasteiger partial charge is 0.276 e. The lowest BCUT2D eigenvalue weighted by molar-refractivity contribution is -0.124. The van der Waals surface area contributed by atoms with E-state index in [4.69, 9.17) is 11.6 Å². The first-order chi connectivity index (χ1) is 16.3. The first-order valence-corrected chi connectivity index (χ1v) is 11.3. The highest BCUT2D eigenvalue weighted by molar-refractivity contribution is 6.32. The molecule has 34 heavy (non-hydrogen) atoms. The Hall–Kier alpha value is -3.90. The van der Waals surface area contributed by atoms with E-state index >= 15 is 0 Å². The van der Waals surface area contributed by atoms with Crippen LogP contribution in [0, 0.1) is 6.92 Å². The number of para-hydroxylation sites is 1. The van der Waals surface area contributed by atoms with Gasteiger partial charge in [0, 0.05) is 22.6 Å². The Kier molecular flexibility index (Phi) is 5.25. The molecule has 0 saturated heterocycles. The van der Waals surface area contributed by atoms with Crippen molar-refractivity contribution in [3.8, 4) is 0 Å². The molecule has 1 aliphatic heterocycles. The van der Waals surface area contributed by atoms with E-state index in [1.54, 1.807) is 36.4 Å².